The molecular weight excluding hydrogens is 460 g/mol. The Morgan fingerprint density at radius 3 is 1.97 bits per heavy atom. The van der Waals surface area contributed by atoms with Crippen LogP contribution in [0.25, 0.3) is 11.0 Å². The van der Waals surface area contributed by atoms with Gasteiger partial charge in [-0.25, -0.2) is 0 Å². The van der Waals surface area contributed by atoms with E-state index in [-0.39, 0.29) is 21.9 Å². The molecule has 7 rings (SSSR count). The summed E-state index contributed by atoms with van der Waals surface area (Å²) in [5.74, 6) is 2.81. The maximum Gasteiger partial charge on any atom is 0.284 e. The van der Waals surface area contributed by atoms with E-state index in [1.807, 2.05) is 59.2 Å². The lowest BCUT2D eigenvalue weighted by atomic mass is 9.49. The Balaban J connectivity index is 1.56. The van der Waals surface area contributed by atoms with Crippen molar-refractivity contribution >= 4 is 16.7 Å². The van der Waals surface area contributed by atoms with Crippen LogP contribution in [-0.2, 0) is 13.1 Å². The van der Waals surface area contributed by atoms with E-state index < -0.39 is 0 Å². The van der Waals surface area contributed by atoms with Crippen LogP contribution < -0.4 is 21.9 Å². The second kappa shape index (κ2) is 9.62. The van der Waals surface area contributed by atoms with E-state index in [1.54, 1.807) is 4.57 Å². The molecule has 0 radical (unpaired) electrons. The van der Waals surface area contributed by atoms with Crippen molar-refractivity contribution in [2.75, 3.05) is 5.43 Å². The normalized spacial score (nSPS) is 26.8. The maximum absolute atomic E-state index is 14.3. The molecule has 0 aliphatic heterocycles. The first-order valence-corrected chi connectivity index (χ1v) is 14.0. The van der Waals surface area contributed by atoms with E-state index in [0.29, 0.717) is 19.0 Å². The summed E-state index contributed by atoms with van der Waals surface area (Å²) in [5, 5.41) is 4.43. The summed E-state index contributed by atoms with van der Waals surface area (Å²) < 4.78 is 3.68. The molecule has 3 aromatic rings. The largest absolute Gasteiger partial charge is 0.305 e. The Kier molecular flexibility index (Phi) is 6.29. The minimum atomic E-state index is -0.324. The third kappa shape index (κ3) is 4.67. The third-order valence-electron chi connectivity index (χ3n) is 9.02. The van der Waals surface area contributed by atoms with E-state index >= 15 is 0 Å². The lowest BCUT2D eigenvalue weighted by molar-refractivity contribution is -0.0617. The van der Waals surface area contributed by atoms with Gasteiger partial charge in [0.25, 0.3) is 11.1 Å². The molecule has 1 N–H and O–H groups in total. The predicted molar refractivity (Wildman–Crippen MR) is 148 cm³/mol. The molecule has 2 aromatic carbocycles. The zero-order valence-corrected chi connectivity index (χ0v) is 22.0. The molecule has 0 atom stereocenters. The quantitative estimate of drug-likeness (QED) is 0.446. The van der Waals surface area contributed by atoms with Crippen LogP contribution in [0.15, 0.2) is 69.3 Å². The summed E-state index contributed by atoms with van der Waals surface area (Å²) in [6, 6.07) is 17.4. The van der Waals surface area contributed by atoms with Crippen LogP contribution in [0.2, 0.25) is 0 Å². The second-order valence-electron chi connectivity index (χ2n) is 12.4. The van der Waals surface area contributed by atoms with E-state index in [1.165, 1.54) is 38.5 Å². The molecule has 1 heterocycles. The van der Waals surface area contributed by atoms with Gasteiger partial charge in [-0.1, -0.05) is 44.2 Å². The van der Waals surface area contributed by atoms with E-state index in [0.717, 1.165) is 40.9 Å². The maximum atomic E-state index is 14.3. The van der Waals surface area contributed by atoms with Gasteiger partial charge in [0.15, 0.2) is 0 Å². The number of nitrogens with one attached hydrogen (secondary N) is 1. The Hall–Kier alpha value is -3.15. The molecule has 6 nitrogen and oxygen atoms in total. The molecule has 0 spiro atoms. The summed E-state index contributed by atoms with van der Waals surface area (Å²) in [6.45, 7) is 5.54. The molecule has 4 bridgehead atoms. The Bertz CT molecular complexity index is 1450. The minimum Gasteiger partial charge on any atom is -0.305 e. The van der Waals surface area contributed by atoms with Crippen LogP contribution in [0, 0.1) is 29.1 Å². The Morgan fingerprint density at radius 1 is 0.838 bits per heavy atom. The summed E-state index contributed by atoms with van der Waals surface area (Å²) in [7, 11) is 0. The van der Waals surface area contributed by atoms with Crippen LogP contribution in [0.1, 0.15) is 58.8 Å². The van der Waals surface area contributed by atoms with E-state index in [2.05, 4.69) is 24.4 Å². The van der Waals surface area contributed by atoms with Crippen molar-refractivity contribution in [2.45, 2.75) is 71.9 Å². The monoisotopic (exact) mass is 498 g/mol. The first-order valence-electron chi connectivity index (χ1n) is 14.0. The third-order valence-corrected chi connectivity index (χ3v) is 9.02. The first kappa shape index (κ1) is 24.2. The van der Waals surface area contributed by atoms with Crippen molar-refractivity contribution in [3.05, 3.63) is 80.7 Å². The highest BCUT2D eigenvalue weighted by atomic mass is 16.1. The molecule has 6 heteroatoms. The van der Waals surface area contributed by atoms with Gasteiger partial charge in [0, 0.05) is 13.1 Å². The van der Waals surface area contributed by atoms with Gasteiger partial charge < -0.3 is 9.13 Å². The highest BCUT2D eigenvalue weighted by Gasteiger charge is 2.51. The molecule has 4 fully saturated rings. The number of anilines is 1. The summed E-state index contributed by atoms with van der Waals surface area (Å²) in [4.78, 5) is 28.2. The number of benzene rings is 2. The molecular formula is C31H38N4O2. The van der Waals surface area contributed by atoms with Crippen molar-refractivity contribution in [3.8, 4) is 0 Å². The van der Waals surface area contributed by atoms with Gasteiger partial charge in [0.1, 0.15) is 0 Å². The Morgan fingerprint density at radius 2 is 1.38 bits per heavy atom. The number of hydrogen-bond donors (Lipinski definition) is 1. The number of aryl methyl sites for hydroxylation is 1. The summed E-state index contributed by atoms with van der Waals surface area (Å²) >= 11 is 0. The number of rotatable bonds is 7. The highest BCUT2D eigenvalue weighted by Crippen LogP contribution is 2.60. The van der Waals surface area contributed by atoms with Gasteiger partial charge in [-0.15, -0.1) is 0 Å². The van der Waals surface area contributed by atoms with Gasteiger partial charge in [0.05, 0.1) is 16.7 Å². The van der Waals surface area contributed by atoms with Crippen molar-refractivity contribution in [2.24, 2.45) is 34.2 Å². The number of para-hydroxylation sites is 3. The molecule has 37 heavy (non-hydrogen) atoms. The lowest BCUT2D eigenvalue weighted by Crippen LogP contribution is -2.51. The van der Waals surface area contributed by atoms with E-state index in [4.69, 9.17) is 0 Å². The van der Waals surface area contributed by atoms with Crippen molar-refractivity contribution < 1.29 is 0 Å². The van der Waals surface area contributed by atoms with Crippen LogP contribution in [0.4, 0.5) is 5.69 Å². The SMILES string of the molecule is CC(C)CCn1c(=O)c(=NNc2ccccc2)c(=O)n(CC23CC4CC(CC(C4)C2)C3)c2ccccc21. The fraction of sp³-hybridized carbons (Fsp3) is 0.516. The zero-order chi connectivity index (χ0) is 25.6. The fourth-order valence-corrected chi connectivity index (χ4v) is 7.80. The average Bonchev–Trinajstić information content (AvgIpc) is 2.94. The molecule has 4 saturated carbocycles. The standard InChI is InChI=1S/C31H38N4O2/c1-21(2)12-13-34-26-10-6-7-11-27(26)35(20-31-17-22-14-23(18-31)16-24(15-22)19-31)30(37)28(29(34)36)33-32-25-8-4-3-5-9-25/h3-11,21-24,32H,12-20H2,1-2H3. The highest BCUT2D eigenvalue weighted by molar-refractivity contribution is 5.74. The van der Waals surface area contributed by atoms with Crippen LogP contribution in [-0.4, -0.2) is 9.13 Å². The van der Waals surface area contributed by atoms with Crippen molar-refractivity contribution in [1.29, 1.82) is 0 Å². The van der Waals surface area contributed by atoms with Gasteiger partial charge in [-0.2, -0.15) is 5.10 Å². The average molecular weight is 499 g/mol. The second-order valence-corrected chi connectivity index (χ2v) is 12.4. The number of fused-ring (bicyclic) bond motifs is 1. The van der Waals surface area contributed by atoms with Crippen molar-refractivity contribution in [3.63, 3.8) is 0 Å². The molecule has 1 aromatic heterocycles. The molecule has 4 aliphatic rings. The smallest absolute Gasteiger partial charge is 0.284 e. The Labute approximate surface area is 218 Å². The number of aromatic nitrogens is 2. The predicted octanol–water partition coefficient (Wildman–Crippen LogP) is 5.35. The summed E-state index contributed by atoms with van der Waals surface area (Å²) in [5.41, 5.74) is 4.92. The minimum absolute atomic E-state index is 0.0338. The summed E-state index contributed by atoms with van der Waals surface area (Å²) in [6.07, 6.45) is 8.53. The molecule has 0 unspecified atom stereocenters. The molecule has 0 amide bonds. The first-order chi connectivity index (χ1) is 17.9. The molecule has 4 aliphatic carbocycles. The van der Waals surface area contributed by atoms with Gasteiger partial charge >= 0.3 is 0 Å². The fourth-order valence-electron chi connectivity index (χ4n) is 7.80. The van der Waals surface area contributed by atoms with Gasteiger partial charge in [-0.3, -0.25) is 15.0 Å². The van der Waals surface area contributed by atoms with Crippen LogP contribution >= 0.6 is 0 Å². The zero-order valence-electron chi connectivity index (χ0n) is 22.0. The van der Waals surface area contributed by atoms with E-state index in [9.17, 15) is 9.59 Å². The molecule has 0 saturated heterocycles. The van der Waals surface area contributed by atoms with Crippen LogP contribution in [0.5, 0.6) is 0 Å². The topological polar surface area (TPSA) is 68.4 Å². The molecule has 194 valence electrons. The number of hydrogen-bond acceptors (Lipinski definition) is 4. The van der Waals surface area contributed by atoms with Crippen molar-refractivity contribution in [1.82, 2.24) is 9.13 Å². The lowest BCUT2D eigenvalue weighted by Gasteiger charge is -2.57. The van der Waals surface area contributed by atoms with Crippen LogP contribution in [0.3, 0.4) is 0 Å². The van der Waals surface area contributed by atoms with Gasteiger partial charge in [0.2, 0.25) is 5.36 Å². The number of nitrogens with zero attached hydrogens (tertiary/aromatic N) is 3. The van der Waals surface area contributed by atoms with Gasteiger partial charge in [-0.05, 0) is 98.3 Å².